The van der Waals surface area contributed by atoms with Crippen LogP contribution in [0.4, 0.5) is 4.39 Å². The molecule has 0 aliphatic heterocycles. The lowest BCUT2D eigenvalue weighted by atomic mass is 10.3. The van der Waals surface area contributed by atoms with E-state index in [0.29, 0.717) is 10.0 Å². The largest absolute Gasteiger partial charge is 0.423 e. The predicted octanol–water partition coefficient (Wildman–Crippen LogP) is 3.32. The zero-order valence-electron chi connectivity index (χ0n) is 8.90. The molecule has 0 atom stereocenters. The number of aliphatic hydroxyl groups is 1. The molecule has 0 saturated carbocycles. The number of halogens is 3. The first-order valence-corrected chi connectivity index (χ1v) is 6.01. The lowest BCUT2D eigenvalue weighted by Gasteiger charge is -2.07. The van der Waals surface area contributed by atoms with Gasteiger partial charge >= 0.3 is 6.01 Å². The zero-order valence-corrected chi connectivity index (χ0v) is 11.2. The van der Waals surface area contributed by atoms with Crippen molar-refractivity contribution in [3.63, 3.8) is 0 Å². The van der Waals surface area contributed by atoms with Crippen molar-refractivity contribution in [1.82, 2.24) is 9.97 Å². The minimum atomic E-state index is -0.596. The first-order chi connectivity index (χ1) is 8.60. The Balaban J connectivity index is 2.25. The van der Waals surface area contributed by atoms with Crippen LogP contribution in [0, 0.1) is 5.82 Å². The average molecular weight is 334 g/mol. The van der Waals surface area contributed by atoms with E-state index in [9.17, 15) is 4.39 Å². The fourth-order valence-corrected chi connectivity index (χ4v) is 1.88. The summed E-state index contributed by atoms with van der Waals surface area (Å²) in [5, 5.41) is 8.83. The Morgan fingerprint density at radius 1 is 1.33 bits per heavy atom. The number of rotatable bonds is 3. The van der Waals surface area contributed by atoms with E-state index in [1.165, 1.54) is 18.5 Å². The van der Waals surface area contributed by atoms with Gasteiger partial charge in [0, 0.05) is 24.0 Å². The molecule has 0 amide bonds. The average Bonchev–Trinajstić information content (AvgIpc) is 2.37. The Morgan fingerprint density at radius 2 is 2.00 bits per heavy atom. The van der Waals surface area contributed by atoms with Crippen LogP contribution in [-0.4, -0.2) is 15.1 Å². The van der Waals surface area contributed by atoms with Crippen molar-refractivity contribution in [3.8, 4) is 11.8 Å². The summed E-state index contributed by atoms with van der Waals surface area (Å²) in [5.74, 6) is -0.379. The van der Waals surface area contributed by atoms with Gasteiger partial charge in [-0.3, -0.25) is 0 Å². The quantitative estimate of drug-likeness (QED) is 0.876. The first-order valence-electron chi connectivity index (χ1n) is 4.84. The summed E-state index contributed by atoms with van der Waals surface area (Å²) in [4.78, 5) is 7.74. The summed E-state index contributed by atoms with van der Waals surface area (Å²) < 4.78 is 19.1. The van der Waals surface area contributed by atoms with Gasteiger partial charge in [0.1, 0.15) is 11.6 Å². The number of aromatic nitrogens is 2. The highest BCUT2D eigenvalue weighted by Crippen LogP contribution is 2.32. The van der Waals surface area contributed by atoms with Crippen molar-refractivity contribution in [2.45, 2.75) is 6.61 Å². The monoisotopic (exact) mass is 332 g/mol. The number of nitrogens with zero attached hydrogens (tertiary/aromatic N) is 2. The Labute approximate surface area is 116 Å². The van der Waals surface area contributed by atoms with Crippen LogP contribution in [0.25, 0.3) is 0 Å². The molecule has 2 rings (SSSR count). The van der Waals surface area contributed by atoms with Gasteiger partial charge in [0.2, 0.25) is 0 Å². The van der Waals surface area contributed by atoms with Gasteiger partial charge in [0.25, 0.3) is 0 Å². The van der Waals surface area contributed by atoms with Crippen LogP contribution >= 0.6 is 27.5 Å². The zero-order chi connectivity index (χ0) is 13.1. The highest BCUT2D eigenvalue weighted by atomic mass is 79.9. The minimum absolute atomic E-state index is 0.00854. The Morgan fingerprint density at radius 3 is 2.61 bits per heavy atom. The highest BCUT2D eigenvalue weighted by molar-refractivity contribution is 9.10. The maximum absolute atomic E-state index is 13.3. The van der Waals surface area contributed by atoms with Gasteiger partial charge in [-0.15, -0.1) is 0 Å². The molecule has 2 aromatic rings. The molecule has 94 valence electrons. The Hall–Kier alpha value is -1.24. The smallest absolute Gasteiger partial charge is 0.321 e. The van der Waals surface area contributed by atoms with Gasteiger partial charge in [0.05, 0.1) is 16.1 Å². The van der Waals surface area contributed by atoms with E-state index in [0.717, 1.165) is 6.07 Å². The van der Waals surface area contributed by atoms with Crippen LogP contribution in [0.15, 0.2) is 29.0 Å². The van der Waals surface area contributed by atoms with Crippen LogP contribution in [0.3, 0.4) is 0 Å². The molecule has 0 fully saturated rings. The normalized spacial score (nSPS) is 10.4. The molecule has 0 saturated heterocycles. The predicted molar refractivity (Wildman–Crippen MR) is 67.1 cm³/mol. The maximum atomic E-state index is 13.3. The molecule has 18 heavy (non-hydrogen) atoms. The van der Waals surface area contributed by atoms with Crippen molar-refractivity contribution in [1.29, 1.82) is 0 Å². The lowest BCUT2D eigenvalue weighted by molar-refractivity contribution is 0.280. The van der Waals surface area contributed by atoms with Crippen LogP contribution in [0.2, 0.25) is 5.02 Å². The fourth-order valence-electron chi connectivity index (χ4n) is 1.16. The second-order valence-electron chi connectivity index (χ2n) is 3.33. The molecule has 1 heterocycles. The van der Waals surface area contributed by atoms with Crippen molar-refractivity contribution in [2.24, 2.45) is 0 Å². The van der Waals surface area contributed by atoms with Gasteiger partial charge in [-0.05, 0) is 22.0 Å². The van der Waals surface area contributed by atoms with Gasteiger partial charge in [-0.25, -0.2) is 14.4 Å². The summed E-state index contributed by atoms with van der Waals surface area (Å²) >= 11 is 8.80. The summed E-state index contributed by atoms with van der Waals surface area (Å²) in [6.45, 7) is -0.153. The molecule has 1 aromatic carbocycles. The number of benzene rings is 1. The molecule has 0 unspecified atom stereocenters. The van der Waals surface area contributed by atoms with E-state index < -0.39 is 5.82 Å². The number of hydrogen-bond donors (Lipinski definition) is 1. The molecule has 0 spiro atoms. The summed E-state index contributed by atoms with van der Waals surface area (Å²) in [5.41, 5.74) is 0.559. The van der Waals surface area contributed by atoms with Gasteiger partial charge in [0.15, 0.2) is 0 Å². The third-order valence-electron chi connectivity index (χ3n) is 2.04. The SMILES string of the molecule is OCc1cnc(Oc2cc(F)c(Cl)cc2Br)nc1. The molecule has 4 nitrogen and oxygen atoms in total. The third-order valence-corrected chi connectivity index (χ3v) is 2.95. The molecular formula is C11H7BrClFN2O2. The molecule has 0 radical (unpaired) electrons. The lowest BCUT2D eigenvalue weighted by Crippen LogP contribution is -1.95. The van der Waals surface area contributed by atoms with E-state index in [-0.39, 0.29) is 23.4 Å². The van der Waals surface area contributed by atoms with E-state index in [1.807, 2.05) is 0 Å². The van der Waals surface area contributed by atoms with Gasteiger partial charge in [-0.1, -0.05) is 11.6 Å². The number of aliphatic hydroxyl groups excluding tert-OH is 1. The second-order valence-corrected chi connectivity index (χ2v) is 4.59. The second kappa shape index (κ2) is 5.60. The Bertz CT molecular complexity index is 566. The van der Waals surface area contributed by atoms with Gasteiger partial charge < -0.3 is 9.84 Å². The van der Waals surface area contributed by atoms with E-state index in [4.69, 9.17) is 21.4 Å². The summed E-state index contributed by atoms with van der Waals surface area (Å²) in [7, 11) is 0. The van der Waals surface area contributed by atoms with Crippen LogP contribution in [-0.2, 0) is 6.61 Å². The topological polar surface area (TPSA) is 55.2 Å². The minimum Gasteiger partial charge on any atom is -0.423 e. The van der Waals surface area contributed by atoms with E-state index in [1.54, 1.807) is 0 Å². The highest BCUT2D eigenvalue weighted by Gasteiger charge is 2.10. The molecule has 1 aromatic heterocycles. The molecule has 0 aliphatic rings. The van der Waals surface area contributed by atoms with E-state index in [2.05, 4.69) is 25.9 Å². The van der Waals surface area contributed by atoms with Crippen molar-refractivity contribution >= 4 is 27.5 Å². The van der Waals surface area contributed by atoms with Crippen LogP contribution in [0.1, 0.15) is 5.56 Å². The molecule has 7 heteroatoms. The molecule has 0 aliphatic carbocycles. The van der Waals surface area contributed by atoms with Crippen molar-refractivity contribution in [3.05, 3.63) is 45.4 Å². The van der Waals surface area contributed by atoms with Crippen LogP contribution in [0.5, 0.6) is 11.8 Å². The third kappa shape index (κ3) is 2.95. The first kappa shape index (κ1) is 13.2. The molecule has 0 bridgehead atoms. The van der Waals surface area contributed by atoms with Crippen molar-refractivity contribution in [2.75, 3.05) is 0 Å². The standard InChI is InChI=1S/C11H7BrClFN2O2/c12-7-1-8(13)9(14)2-10(7)18-11-15-3-6(5-17)4-16-11/h1-4,17H,5H2. The summed E-state index contributed by atoms with van der Waals surface area (Å²) in [6.07, 6.45) is 2.84. The fraction of sp³-hybridized carbons (Fsp3) is 0.0909. The van der Waals surface area contributed by atoms with Crippen LogP contribution < -0.4 is 4.74 Å². The molecular weight excluding hydrogens is 326 g/mol. The number of ether oxygens (including phenoxy) is 1. The van der Waals surface area contributed by atoms with Gasteiger partial charge in [-0.2, -0.15) is 0 Å². The molecule has 1 N–H and O–H groups in total. The maximum Gasteiger partial charge on any atom is 0.321 e. The Kier molecular flexibility index (Phi) is 4.11. The van der Waals surface area contributed by atoms with Crippen molar-refractivity contribution < 1.29 is 14.2 Å². The number of hydrogen-bond acceptors (Lipinski definition) is 4. The van der Waals surface area contributed by atoms with E-state index >= 15 is 0 Å². The summed E-state index contributed by atoms with van der Waals surface area (Å²) in [6, 6.07) is 2.57.